The second-order valence-electron chi connectivity index (χ2n) is 10.6. The van der Waals surface area contributed by atoms with Crippen LogP contribution in [-0.2, 0) is 25.6 Å². The fourth-order valence-corrected chi connectivity index (χ4v) is 5.34. The van der Waals surface area contributed by atoms with Crippen LogP contribution in [0.1, 0.15) is 75.0 Å². The third-order valence-electron chi connectivity index (χ3n) is 7.65. The van der Waals surface area contributed by atoms with E-state index in [9.17, 15) is 14.7 Å². The molecule has 9 heteroatoms. The number of nitrogens with one attached hydrogen (secondary N) is 2. The second kappa shape index (κ2) is 15.1. The molecule has 0 saturated carbocycles. The van der Waals surface area contributed by atoms with E-state index in [1.165, 1.54) is 32.1 Å². The number of carbonyl (C=O) groups excluding carboxylic acids is 2. The average molecular weight is 554 g/mol. The van der Waals surface area contributed by atoms with E-state index in [4.69, 9.17) is 14.2 Å². The summed E-state index contributed by atoms with van der Waals surface area (Å²) in [6.07, 6.45) is 5.57. The van der Waals surface area contributed by atoms with Gasteiger partial charge in [0.05, 0.1) is 25.4 Å². The molecule has 0 bridgehead atoms. The Bertz CT molecular complexity index is 1070. The highest BCUT2D eigenvalue weighted by atomic mass is 16.7. The number of amides is 2. The summed E-state index contributed by atoms with van der Waals surface area (Å²) in [5.41, 5.74) is 3.38. The molecule has 2 aliphatic rings. The first-order chi connectivity index (χ1) is 19.5. The summed E-state index contributed by atoms with van der Waals surface area (Å²) in [4.78, 5) is 26.2. The fraction of sp³-hybridized carbons (Fsp3) is 0.548. The zero-order valence-electron chi connectivity index (χ0n) is 23.6. The molecule has 218 valence electrons. The minimum Gasteiger partial charge on any atom is -0.465 e. The Morgan fingerprint density at radius 1 is 0.950 bits per heavy atom. The first kappa shape index (κ1) is 30.0. The van der Waals surface area contributed by atoms with Gasteiger partial charge in [0.15, 0.2) is 6.29 Å². The van der Waals surface area contributed by atoms with Crippen molar-refractivity contribution < 1.29 is 28.9 Å². The molecule has 4 unspecified atom stereocenters. The molecule has 0 radical (unpaired) electrons. The predicted octanol–water partition coefficient (Wildman–Crippen LogP) is 4.92. The molecule has 2 aromatic rings. The molecule has 2 fully saturated rings. The smallest absolute Gasteiger partial charge is 0.325 e. The summed E-state index contributed by atoms with van der Waals surface area (Å²) in [5, 5.41) is 14.7. The number of anilines is 1. The molecule has 2 aliphatic heterocycles. The monoisotopic (exact) mass is 553 g/mol. The van der Waals surface area contributed by atoms with E-state index in [2.05, 4.69) is 22.5 Å². The lowest BCUT2D eigenvalue weighted by Crippen LogP contribution is -2.45. The number of hydrogen-bond acceptors (Lipinski definition) is 7. The average Bonchev–Trinajstić information content (AvgIpc) is 2.95. The van der Waals surface area contributed by atoms with Gasteiger partial charge >= 0.3 is 12.0 Å². The number of hydrogen-bond donors (Lipinski definition) is 3. The summed E-state index contributed by atoms with van der Waals surface area (Å²) >= 11 is 0. The van der Waals surface area contributed by atoms with Gasteiger partial charge < -0.3 is 34.9 Å². The van der Waals surface area contributed by atoms with Crippen molar-refractivity contribution in [3.8, 4) is 0 Å². The van der Waals surface area contributed by atoms with Crippen LogP contribution >= 0.6 is 0 Å². The Hall–Kier alpha value is -2.98. The van der Waals surface area contributed by atoms with Gasteiger partial charge in [-0.1, -0.05) is 62.6 Å². The summed E-state index contributed by atoms with van der Waals surface area (Å²) in [6, 6.07) is 14.8. The number of rotatable bonds is 9. The van der Waals surface area contributed by atoms with Crippen LogP contribution in [0.5, 0.6) is 0 Å². The van der Waals surface area contributed by atoms with Crippen LogP contribution in [-0.4, -0.2) is 60.9 Å². The van der Waals surface area contributed by atoms with Crippen molar-refractivity contribution >= 4 is 17.7 Å². The highest BCUT2D eigenvalue weighted by Gasteiger charge is 2.39. The van der Waals surface area contributed by atoms with E-state index in [1.54, 1.807) is 19.1 Å². The molecule has 9 nitrogen and oxygen atoms in total. The van der Waals surface area contributed by atoms with Crippen LogP contribution in [0.2, 0.25) is 0 Å². The van der Waals surface area contributed by atoms with Crippen LogP contribution in [0.25, 0.3) is 0 Å². The fourth-order valence-electron chi connectivity index (χ4n) is 5.34. The number of urea groups is 1. The molecular formula is C31H43N3O6. The SMILES string of the molecule is CCOC(=O)CNC(=O)Nc1ccc(C2OC(CN3CCCCCCC3)C(C)C(c3ccc(CO)cc3)O2)cc1. The van der Waals surface area contributed by atoms with Crippen molar-refractivity contribution in [2.75, 3.05) is 38.1 Å². The molecule has 4 rings (SSSR count). The van der Waals surface area contributed by atoms with E-state index in [0.717, 1.165) is 36.3 Å². The van der Waals surface area contributed by atoms with Gasteiger partial charge in [0.25, 0.3) is 0 Å². The maximum Gasteiger partial charge on any atom is 0.325 e. The first-order valence-corrected chi connectivity index (χ1v) is 14.5. The molecule has 2 heterocycles. The van der Waals surface area contributed by atoms with Gasteiger partial charge in [-0.2, -0.15) is 0 Å². The van der Waals surface area contributed by atoms with Crippen LogP contribution in [0.4, 0.5) is 10.5 Å². The quantitative estimate of drug-likeness (QED) is 0.378. The number of carbonyl (C=O) groups is 2. The van der Waals surface area contributed by atoms with Crippen LogP contribution in [0, 0.1) is 5.92 Å². The number of ether oxygens (including phenoxy) is 3. The zero-order chi connectivity index (χ0) is 28.3. The molecule has 4 atom stereocenters. The van der Waals surface area contributed by atoms with Crippen LogP contribution < -0.4 is 10.6 Å². The molecule has 2 saturated heterocycles. The van der Waals surface area contributed by atoms with Gasteiger partial charge in [-0.15, -0.1) is 0 Å². The maximum atomic E-state index is 12.2. The number of likely N-dealkylation sites (tertiary alicyclic amines) is 1. The largest absolute Gasteiger partial charge is 0.465 e. The van der Waals surface area contributed by atoms with Gasteiger partial charge in [-0.25, -0.2) is 4.79 Å². The Kier molecular flexibility index (Phi) is 11.3. The first-order valence-electron chi connectivity index (χ1n) is 14.5. The highest BCUT2D eigenvalue weighted by Crippen LogP contribution is 2.42. The van der Waals surface area contributed by atoms with Crippen molar-refractivity contribution in [3.05, 3.63) is 65.2 Å². The number of benzene rings is 2. The number of aliphatic hydroxyl groups is 1. The molecule has 0 spiro atoms. The molecule has 0 aliphatic carbocycles. The Morgan fingerprint density at radius 2 is 1.60 bits per heavy atom. The van der Waals surface area contributed by atoms with E-state index in [1.807, 2.05) is 36.4 Å². The summed E-state index contributed by atoms with van der Waals surface area (Å²) < 4.78 is 18.0. The lowest BCUT2D eigenvalue weighted by atomic mass is 9.89. The van der Waals surface area contributed by atoms with E-state index >= 15 is 0 Å². The topological polar surface area (TPSA) is 109 Å². The minimum absolute atomic E-state index is 0.00586. The van der Waals surface area contributed by atoms with Gasteiger partial charge in [0.2, 0.25) is 0 Å². The van der Waals surface area contributed by atoms with Crippen molar-refractivity contribution in [1.82, 2.24) is 10.2 Å². The Morgan fingerprint density at radius 3 is 2.25 bits per heavy atom. The Balaban J connectivity index is 1.46. The summed E-state index contributed by atoms with van der Waals surface area (Å²) in [7, 11) is 0. The third kappa shape index (κ3) is 8.51. The second-order valence-corrected chi connectivity index (χ2v) is 10.6. The van der Waals surface area contributed by atoms with Gasteiger partial charge in [0, 0.05) is 23.7 Å². The maximum absolute atomic E-state index is 12.2. The lowest BCUT2D eigenvalue weighted by molar-refractivity contribution is -0.276. The lowest BCUT2D eigenvalue weighted by Gasteiger charge is -2.43. The van der Waals surface area contributed by atoms with Gasteiger partial charge in [-0.05, 0) is 56.1 Å². The van der Waals surface area contributed by atoms with Crippen LogP contribution in [0.3, 0.4) is 0 Å². The van der Waals surface area contributed by atoms with Gasteiger partial charge in [0.1, 0.15) is 6.54 Å². The normalized spacial score (nSPS) is 24.0. The number of nitrogens with zero attached hydrogens (tertiary/aromatic N) is 1. The molecule has 3 N–H and O–H groups in total. The van der Waals surface area contributed by atoms with Crippen LogP contribution in [0.15, 0.2) is 48.5 Å². The molecule has 40 heavy (non-hydrogen) atoms. The summed E-state index contributed by atoms with van der Waals surface area (Å²) in [6.45, 7) is 7.02. The standard InChI is InChI=1S/C31H43N3O6/c1-3-38-28(36)19-32-31(37)33-26-15-13-25(14-16-26)30-39-27(20-34-17-7-5-4-6-8-18-34)22(2)29(40-30)24-11-9-23(21-35)10-12-24/h9-16,22,27,29-30,35H,3-8,17-21H2,1-2H3,(H2,32,33,37). The van der Waals surface area contributed by atoms with E-state index in [-0.39, 0.29) is 37.9 Å². The third-order valence-corrected chi connectivity index (χ3v) is 7.65. The van der Waals surface area contributed by atoms with E-state index in [0.29, 0.717) is 5.69 Å². The Labute approximate surface area is 237 Å². The molecule has 2 amide bonds. The number of aliphatic hydroxyl groups excluding tert-OH is 1. The molecular weight excluding hydrogens is 510 g/mol. The molecule has 2 aromatic carbocycles. The minimum atomic E-state index is -0.565. The summed E-state index contributed by atoms with van der Waals surface area (Å²) in [5.74, 6) is -0.356. The number of esters is 1. The molecule has 0 aromatic heterocycles. The predicted molar refractivity (Wildman–Crippen MR) is 153 cm³/mol. The van der Waals surface area contributed by atoms with Gasteiger partial charge in [-0.3, -0.25) is 4.79 Å². The van der Waals surface area contributed by atoms with Crippen molar-refractivity contribution in [3.63, 3.8) is 0 Å². The van der Waals surface area contributed by atoms with Crippen molar-refractivity contribution in [1.29, 1.82) is 0 Å². The van der Waals surface area contributed by atoms with E-state index < -0.39 is 18.3 Å². The highest BCUT2D eigenvalue weighted by molar-refractivity contribution is 5.91. The van der Waals surface area contributed by atoms with Crippen molar-refractivity contribution in [2.45, 2.75) is 71.1 Å². The van der Waals surface area contributed by atoms with Crippen molar-refractivity contribution in [2.24, 2.45) is 5.92 Å². The zero-order valence-corrected chi connectivity index (χ0v) is 23.6.